The second-order valence-electron chi connectivity index (χ2n) is 5.55. The zero-order valence-corrected chi connectivity index (χ0v) is 13.6. The maximum Gasteiger partial charge on any atom is 0.254 e. The van der Waals surface area contributed by atoms with E-state index in [1.165, 1.54) is 18.2 Å². The van der Waals surface area contributed by atoms with Gasteiger partial charge >= 0.3 is 0 Å². The van der Waals surface area contributed by atoms with E-state index >= 15 is 0 Å². The Balaban J connectivity index is 1.93. The lowest BCUT2D eigenvalue weighted by Crippen LogP contribution is -2.30. The summed E-state index contributed by atoms with van der Waals surface area (Å²) in [7, 11) is 0. The van der Waals surface area contributed by atoms with E-state index in [0.29, 0.717) is 18.1 Å². The van der Waals surface area contributed by atoms with E-state index < -0.39 is 11.7 Å². The molecule has 2 aromatic rings. The molecule has 6 heteroatoms. The molecule has 1 amide bonds. The second-order valence-corrected chi connectivity index (χ2v) is 5.99. The largest absolute Gasteiger partial charge is 0.352 e. The van der Waals surface area contributed by atoms with Crippen LogP contribution in [0.3, 0.4) is 0 Å². The Morgan fingerprint density at radius 3 is 2.77 bits per heavy atom. The lowest BCUT2D eigenvalue weighted by molar-refractivity contribution is 0.0942. The van der Waals surface area contributed by atoms with Crippen molar-refractivity contribution in [3.05, 3.63) is 52.1 Å². The molecule has 0 bridgehead atoms. The summed E-state index contributed by atoms with van der Waals surface area (Å²) in [4.78, 5) is 12.0. The van der Waals surface area contributed by atoms with E-state index in [4.69, 9.17) is 11.6 Å². The quantitative estimate of drug-likeness (QED) is 0.917. The van der Waals surface area contributed by atoms with Crippen LogP contribution in [0.2, 0.25) is 5.02 Å². The van der Waals surface area contributed by atoms with E-state index in [1.54, 1.807) is 0 Å². The predicted molar refractivity (Wildman–Crippen MR) is 84.6 cm³/mol. The summed E-state index contributed by atoms with van der Waals surface area (Å²) in [6, 6.07) is 5.94. The molecule has 0 fully saturated rings. The molecule has 118 valence electrons. The third-order valence-corrected chi connectivity index (χ3v) is 3.61. The zero-order valence-electron chi connectivity index (χ0n) is 12.9. The SMILES string of the molecule is Cc1cc(C)n(CC(C)CNC(=O)c2cc(Cl)ccc2F)n1. The highest BCUT2D eigenvalue weighted by Crippen LogP contribution is 2.15. The van der Waals surface area contributed by atoms with Gasteiger partial charge in [0.1, 0.15) is 5.82 Å². The number of benzene rings is 1. The van der Waals surface area contributed by atoms with Gasteiger partial charge in [0.05, 0.1) is 11.3 Å². The fourth-order valence-electron chi connectivity index (χ4n) is 2.25. The number of carbonyl (C=O) groups is 1. The number of nitrogens with one attached hydrogen (secondary N) is 1. The van der Waals surface area contributed by atoms with E-state index in [-0.39, 0.29) is 11.5 Å². The topological polar surface area (TPSA) is 46.9 Å². The third kappa shape index (κ3) is 4.07. The number of hydrogen-bond acceptors (Lipinski definition) is 2. The average molecular weight is 324 g/mol. The van der Waals surface area contributed by atoms with Crippen molar-refractivity contribution in [2.75, 3.05) is 6.54 Å². The minimum absolute atomic E-state index is 0.0363. The van der Waals surface area contributed by atoms with Gasteiger partial charge in [0.15, 0.2) is 0 Å². The van der Waals surface area contributed by atoms with Crippen molar-refractivity contribution in [3.8, 4) is 0 Å². The van der Waals surface area contributed by atoms with Gasteiger partial charge in [0.25, 0.3) is 5.91 Å². The second kappa shape index (κ2) is 6.92. The van der Waals surface area contributed by atoms with Crippen LogP contribution >= 0.6 is 11.6 Å². The minimum Gasteiger partial charge on any atom is -0.352 e. The zero-order chi connectivity index (χ0) is 16.3. The molecule has 1 atom stereocenters. The van der Waals surface area contributed by atoms with Crippen LogP contribution in [0.25, 0.3) is 0 Å². The van der Waals surface area contributed by atoms with E-state index in [9.17, 15) is 9.18 Å². The Kier molecular flexibility index (Phi) is 5.19. The molecule has 4 nitrogen and oxygen atoms in total. The molecule has 0 aliphatic carbocycles. The van der Waals surface area contributed by atoms with Crippen molar-refractivity contribution in [1.82, 2.24) is 15.1 Å². The molecule has 2 rings (SSSR count). The number of aromatic nitrogens is 2. The molecule has 1 unspecified atom stereocenters. The highest BCUT2D eigenvalue weighted by Gasteiger charge is 2.14. The first-order chi connectivity index (χ1) is 10.4. The lowest BCUT2D eigenvalue weighted by Gasteiger charge is -2.14. The van der Waals surface area contributed by atoms with Crippen molar-refractivity contribution in [3.63, 3.8) is 0 Å². The fraction of sp³-hybridized carbons (Fsp3) is 0.375. The molecule has 1 aromatic carbocycles. The summed E-state index contributed by atoms with van der Waals surface area (Å²) < 4.78 is 15.5. The first-order valence-electron chi connectivity index (χ1n) is 7.11. The van der Waals surface area contributed by atoms with Gasteiger partial charge in [-0.2, -0.15) is 5.10 Å². The Labute approximate surface area is 134 Å². The fourth-order valence-corrected chi connectivity index (χ4v) is 2.43. The Bertz CT molecular complexity index is 684. The minimum atomic E-state index is -0.576. The van der Waals surface area contributed by atoms with Crippen molar-refractivity contribution in [1.29, 1.82) is 0 Å². The maximum atomic E-state index is 13.6. The van der Waals surface area contributed by atoms with Crippen molar-refractivity contribution < 1.29 is 9.18 Å². The molecule has 0 spiro atoms. The molecule has 1 N–H and O–H groups in total. The van der Waals surface area contributed by atoms with E-state index in [2.05, 4.69) is 10.4 Å². The van der Waals surface area contributed by atoms with Gasteiger partial charge in [-0.1, -0.05) is 18.5 Å². The van der Waals surface area contributed by atoms with Gasteiger partial charge in [-0.05, 0) is 44.0 Å². The summed E-state index contributed by atoms with van der Waals surface area (Å²) >= 11 is 5.79. The monoisotopic (exact) mass is 323 g/mol. The maximum absolute atomic E-state index is 13.6. The van der Waals surface area contributed by atoms with Gasteiger partial charge in [0.2, 0.25) is 0 Å². The number of amides is 1. The van der Waals surface area contributed by atoms with Crippen molar-refractivity contribution in [2.45, 2.75) is 27.3 Å². The smallest absolute Gasteiger partial charge is 0.254 e. The number of nitrogens with zero attached hydrogens (tertiary/aromatic N) is 2. The normalized spacial score (nSPS) is 12.2. The average Bonchev–Trinajstić information content (AvgIpc) is 2.77. The molecular weight excluding hydrogens is 305 g/mol. The summed E-state index contributed by atoms with van der Waals surface area (Å²) in [5.74, 6) is -0.863. The predicted octanol–water partition coefficient (Wildman–Crippen LogP) is 3.36. The first kappa shape index (κ1) is 16.5. The van der Waals surface area contributed by atoms with Crippen LogP contribution in [-0.4, -0.2) is 22.2 Å². The van der Waals surface area contributed by atoms with Crippen LogP contribution in [0.1, 0.15) is 28.7 Å². The van der Waals surface area contributed by atoms with E-state index in [1.807, 2.05) is 31.5 Å². The highest BCUT2D eigenvalue weighted by atomic mass is 35.5. The van der Waals surface area contributed by atoms with Crippen LogP contribution < -0.4 is 5.32 Å². The van der Waals surface area contributed by atoms with Gasteiger partial charge in [0, 0.05) is 23.8 Å². The molecule has 0 saturated heterocycles. The Hall–Kier alpha value is -1.88. The number of carbonyl (C=O) groups excluding carboxylic acids is 1. The summed E-state index contributed by atoms with van der Waals surface area (Å²) in [6.07, 6.45) is 0. The Morgan fingerprint density at radius 1 is 1.41 bits per heavy atom. The number of halogens is 2. The molecule has 1 heterocycles. The summed E-state index contributed by atoms with van der Waals surface area (Å²) in [6.45, 7) is 7.07. The van der Waals surface area contributed by atoms with Crippen LogP contribution in [0.4, 0.5) is 4.39 Å². The summed E-state index contributed by atoms with van der Waals surface area (Å²) in [5, 5.41) is 7.46. The van der Waals surface area contributed by atoms with Crippen molar-refractivity contribution in [2.24, 2.45) is 5.92 Å². The summed E-state index contributed by atoms with van der Waals surface area (Å²) in [5.41, 5.74) is 2.01. The van der Waals surface area contributed by atoms with Crippen LogP contribution in [0.15, 0.2) is 24.3 Å². The molecule has 0 saturated carbocycles. The van der Waals surface area contributed by atoms with Crippen LogP contribution in [-0.2, 0) is 6.54 Å². The van der Waals surface area contributed by atoms with Gasteiger partial charge in [-0.15, -0.1) is 0 Å². The highest BCUT2D eigenvalue weighted by molar-refractivity contribution is 6.30. The lowest BCUT2D eigenvalue weighted by atomic mass is 10.1. The van der Waals surface area contributed by atoms with Crippen LogP contribution in [0.5, 0.6) is 0 Å². The van der Waals surface area contributed by atoms with Crippen molar-refractivity contribution >= 4 is 17.5 Å². The standard InChI is InChI=1S/C16H19ClFN3O/c1-10(9-21-12(3)6-11(2)20-21)8-19-16(22)14-7-13(17)4-5-15(14)18/h4-7,10H,8-9H2,1-3H3,(H,19,22). The molecule has 1 aromatic heterocycles. The molecular formula is C16H19ClFN3O. The number of rotatable bonds is 5. The van der Waals surface area contributed by atoms with Gasteiger partial charge < -0.3 is 5.32 Å². The molecule has 0 aliphatic rings. The Morgan fingerprint density at radius 2 is 2.14 bits per heavy atom. The molecule has 22 heavy (non-hydrogen) atoms. The first-order valence-corrected chi connectivity index (χ1v) is 7.49. The van der Waals surface area contributed by atoms with Crippen LogP contribution in [0, 0.1) is 25.6 Å². The van der Waals surface area contributed by atoms with E-state index in [0.717, 1.165) is 11.4 Å². The third-order valence-electron chi connectivity index (χ3n) is 3.37. The number of hydrogen-bond donors (Lipinski definition) is 1. The van der Waals surface area contributed by atoms with Gasteiger partial charge in [-0.25, -0.2) is 4.39 Å². The van der Waals surface area contributed by atoms with Gasteiger partial charge in [-0.3, -0.25) is 9.48 Å². The number of aryl methyl sites for hydroxylation is 2. The molecule has 0 radical (unpaired) electrons. The molecule has 0 aliphatic heterocycles.